The summed E-state index contributed by atoms with van der Waals surface area (Å²) in [5.74, 6) is -1.16. The van der Waals surface area contributed by atoms with E-state index in [4.69, 9.17) is 9.52 Å². The van der Waals surface area contributed by atoms with Crippen molar-refractivity contribution in [2.45, 2.75) is 32.7 Å². The van der Waals surface area contributed by atoms with Crippen LogP contribution in [0.15, 0.2) is 10.8 Å². The maximum absolute atomic E-state index is 11.6. The summed E-state index contributed by atoms with van der Waals surface area (Å²) < 4.78 is 5.07. The average molecular weight is 226 g/mol. The normalized spacial score (nSPS) is 12.5. The highest BCUT2D eigenvalue weighted by Crippen LogP contribution is 2.17. The summed E-state index contributed by atoms with van der Waals surface area (Å²) in [5.41, 5.74) is 0.142. The molecule has 0 spiro atoms. The van der Waals surface area contributed by atoms with Crippen molar-refractivity contribution in [2.75, 3.05) is 0 Å². The van der Waals surface area contributed by atoms with Crippen molar-refractivity contribution in [3.05, 3.63) is 17.8 Å². The molecule has 16 heavy (non-hydrogen) atoms. The lowest BCUT2D eigenvalue weighted by Crippen LogP contribution is -2.38. The van der Waals surface area contributed by atoms with Crippen LogP contribution >= 0.6 is 0 Å². The van der Waals surface area contributed by atoms with E-state index >= 15 is 0 Å². The monoisotopic (exact) mass is 226 g/mol. The van der Waals surface area contributed by atoms with Crippen LogP contribution in [0.3, 0.4) is 0 Å². The lowest BCUT2D eigenvalue weighted by atomic mass is 10.1. The Kier molecular flexibility index (Phi) is 3.65. The Morgan fingerprint density at radius 1 is 1.44 bits per heavy atom. The zero-order chi connectivity index (χ0) is 12.3. The molecule has 0 fully saturated rings. The first-order chi connectivity index (χ1) is 7.43. The van der Waals surface area contributed by atoms with Crippen molar-refractivity contribution in [2.24, 2.45) is 0 Å². The van der Waals surface area contributed by atoms with E-state index in [0.29, 0.717) is 5.76 Å². The highest BCUT2D eigenvalue weighted by atomic mass is 16.4. The van der Waals surface area contributed by atoms with E-state index in [0.717, 1.165) is 0 Å². The van der Waals surface area contributed by atoms with Gasteiger partial charge in [0.1, 0.15) is 11.8 Å². The van der Waals surface area contributed by atoms with E-state index in [9.17, 15) is 9.59 Å². The van der Waals surface area contributed by atoms with Crippen LogP contribution in [0.1, 0.15) is 42.9 Å². The Balaban J connectivity index is 2.81. The molecule has 1 heterocycles. The standard InChI is InChI=1S/C10H14N2O4/c1-5(2)8-7(11-4-16-8)9(13)12-6(3)10(14)15/h4-6H,1-3H3,(H,12,13)(H,14,15)/t6-/m0/s1. The molecule has 0 radical (unpaired) electrons. The molecule has 6 heteroatoms. The summed E-state index contributed by atoms with van der Waals surface area (Å²) >= 11 is 0. The molecule has 2 N–H and O–H groups in total. The first-order valence-electron chi connectivity index (χ1n) is 4.90. The molecule has 6 nitrogen and oxygen atoms in total. The summed E-state index contributed by atoms with van der Waals surface area (Å²) in [6.07, 6.45) is 1.18. The summed E-state index contributed by atoms with van der Waals surface area (Å²) in [6, 6.07) is -0.954. The van der Waals surface area contributed by atoms with Gasteiger partial charge in [0, 0.05) is 5.92 Å². The van der Waals surface area contributed by atoms with Crippen molar-refractivity contribution in [1.29, 1.82) is 0 Å². The maximum Gasteiger partial charge on any atom is 0.325 e. The van der Waals surface area contributed by atoms with E-state index in [1.165, 1.54) is 13.3 Å². The number of hydrogen-bond donors (Lipinski definition) is 2. The Labute approximate surface area is 92.7 Å². The minimum atomic E-state index is -1.09. The van der Waals surface area contributed by atoms with Gasteiger partial charge in [0.15, 0.2) is 12.1 Å². The van der Waals surface area contributed by atoms with Gasteiger partial charge in [-0.3, -0.25) is 9.59 Å². The lowest BCUT2D eigenvalue weighted by Gasteiger charge is -2.09. The number of carbonyl (C=O) groups is 2. The fraction of sp³-hybridized carbons (Fsp3) is 0.500. The predicted octanol–water partition coefficient (Wildman–Crippen LogP) is 1.00. The molecule has 1 aromatic rings. The fourth-order valence-corrected chi connectivity index (χ4v) is 1.16. The first-order valence-corrected chi connectivity index (χ1v) is 4.90. The smallest absolute Gasteiger partial charge is 0.325 e. The number of aromatic nitrogens is 1. The molecule has 1 amide bonds. The van der Waals surface area contributed by atoms with Gasteiger partial charge in [0.25, 0.3) is 5.91 Å². The Hall–Kier alpha value is -1.85. The quantitative estimate of drug-likeness (QED) is 0.799. The van der Waals surface area contributed by atoms with Crippen LogP contribution in [-0.4, -0.2) is 28.0 Å². The van der Waals surface area contributed by atoms with Gasteiger partial charge in [-0.05, 0) is 6.92 Å². The molecule has 0 saturated carbocycles. The Morgan fingerprint density at radius 3 is 2.56 bits per heavy atom. The number of carbonyl (C=O) groups excluding carboxylic acids is 1. The molecule has 1 rings (SSSR count). The second-order valence-corrected chi connectivity index (χ2v) is 3.75. The van der Waals surface area contributed by atoms with Crippen LogP contribution in [0.2, 0.25) is 0 Å². The van der Waals surface area contributed by atoms with Crippen LogP contribution in [0.25, 0.3) is 0 Å². The summed E-state index contributed by atoms with van der Waals surface area (Å²) in [5, 5.41) is 11.0. The van der Waals surface area contributed by atoms with Crippen LogP contribution in [0.5, 0.6) is 0 Å². The Bertz CT molecular complexity index is 397. The maximum atomic E-state index is 11.6. The van der Waals surface area contributed by atoms with Gasteiger partial charge in [-0.2, -0.15) is 0 Å². The van der Waals surface area contributed by atoms with Gasteiger partial charge in [-0.1, -0.05) is 13.8 Å². The predicted molar refractivity (Wildman–Crippen MR) is 55.2 cm³/mol. The lowest BCUT2D eigenvalue weighted by molar-refractivity contribution is -0.138. The molecule has 0 aliphatic heterocycles. The molecular formula is C10H14N2O4. The molecule has 0 aliphatic rings. The van der Waals surface area contributed by atoms with Gasteiger partial charge in [-0.25, -0.2) is 4.98 Å². The molecule has 88 valence electrons. The molecule has 1 aromatic heterocycles. The number of carboxylic acids is 1. The zero-order valence-electron chi connectivity index (χ0n) is 9.35. The molecular weight excluding hydrogens is 212 g/mol. The third-order valence-electron chi connectivity index (χ3n) is 2.05. The second-order valence-electron chi connectivity index (χ2n) is 3.75. The summed E-state index contributed by atoms with van der Waals surface area (Å²) in [6.45, 7) is 5.10. The first kappa shape index (κ1) is 12.2. The summed E-state index contributed by atoms with van der Waals surface area (Å²) in [7, 11) is 0. The number of amides is 1. The fourth-order valence-electron chi connectivity index (χ4n) is 1.16. The zero-order valence-corrected chi connectivity index (χ0v) is 9.35. The third kappa shape index (κ3) is 2.59. The summed E-state index contributed by atoms with van der Waals surface area (Å²) in [4.78, 5) is 26.0. The average Bonchev–Trinajstić information content (AvgIpc) is 2.65. The van der Waals surface area contributed by atoms with Crippen molar-refractivity contribution < 1.29 is 19.1 Å². The number of hydrogen-bond acceptors (Lipinski definition) is 4. The molecule has 0 unspecified atom stereocenters. The number of oxazole rings is 1. The van der Waals surface area contributed by atoms with E-state index in [2.05, 4.69) is 10.3 Å². The van der Waals surface area contributed by atoms with Gasteiger partial charge >= 0.3 is 5.97 Å². The number of nitrogens with one attached hydrogen (secondary N) is 1. The highest BCUT2D eigenvalue weighted by molar-refractivity contribution is 5.95. The SMILES string of the molecule is CC(C)c1ocnc1C(=O)N[C@@H](C)C(=O)O. The van der Waals surface area contributed by atoms with Crippen molar-refractivity contribution in [1.82, 2.24) is 10.3 Å². The van der Waals surface area contributed by atoms with Gasteiger partial charge in [0.2, 0.25) is 0 Å². The number of aliphatic carboxylic acids is 1. The molecule has 0 bridgehead atoms. The van der Waals surface area contributed by atoms with Crippen LogP contribution in [0.4, 0.5) is 0 Å². The highest BCUT2D eigenvalue weighted by Gasteiger charge is 2.22. The third-order valence-corrected chi connectivity index (χ3v) is 2.05. The molecule has 0 aliphatic carbocycles. The molecule has 1 atom stereocenters. The topological polar surface area (TPSA) is 92.4 Å². The van der Waals surface area contributed by atoms with Gasteiger partial charge < -0.3 is 14.8 Å². The minimum absolute atomic E-state index is 0.0170. The van der Waals surface area contributed by atoms with Crippen LogP contribution in [0, 0.1) is 0 Å². The number of rotatable bonds is 4. The van der Waals surface area contributed by atoms with Crippen LogP contribution < -0.4 is 5.32 Å². The number of nitrogens with zero attached hydrogens (tertiary/aromatic N) is 1. The van der Waals surface area contributed by atoms with Crippen LogP contribution in [-0.2, 0) is 4.79 Å². The van der Waals surface area contributed by atoms with E-state index in [1.807, 2.05) is 13.8 Å². The van der Waals surface area contributed by atoms with Gasteiger partial charge in [0.05, 0.1) is 0 Å². The van der Waals surface area contributed by atoms with E-state index < -0.39 is 17.9 Å². The van der Waals surface area contributed by atoms with Crippen molar-refractivity contribution >= 4 is 11.9 Å². The largest absolute Gasteiger partial charge is 0.480 e. The second kappa shape index (κ2) is 4.78. The van der Waals surface area contributed by atoms with Crippen molar-refractivity contribution in [3.63, 3.8) is 0 Å². The van der Waals surface area contributed by atoms with E-state index in [-0.39, 0.29) is 11.6 Å². The molecule has 0 saturated heterocycles. The van der Waals surface area contributed by atoms with Gasteiger partial charge in [-0.15, -0.1) is 0 Å². The Morgan fingerprint density at radius 2 is 2.06 bits per heavy atom. The molecule has 0 aromatic carbocycles. The van der Waals surface area contributed by atoms with Crippen molar-refractivity contribution in [3.8, 4) is 0 Å². The minimum Gasteiger partial charge on any atom is -0.480 e. The number of carboxylic acid groups (broad SMARTS) is 1. The van der Waals surface area contributed by atoms with E-state index in [1.54, 1.807) is 0 Å².